The number of aryl methyl sites for hydroxylation is 1. The molecule has 2 aliphatic heterocycles. The Balaban J connectivity index is 1.49. The van der Waals surface area contributed by atoms with Crippen molar-refractivity contribution in [1.29, 1.82) is 0 Å². The summed E-state index contributed by atoms with van der Waals surface area (Å²) in [4.78, 5) is 49.7. The van der Waals surface area contributed by atoms with Crippen LogP contribution in [0.1, 0.15) is 67.9 Å². The molecule has 0 radical (unpaired) electrons. The lowest BCUT2D eigenvalue weighted by molar-refractivity contribution is -0.156. The highest BCUT2D eigenvalue weighted by atomic mass is 16.6. The van der Waals surface area contributed by atoms with Gasteiger partial charge in [-0.2, -0.15) is 0 Å². The molecule has 1 atom stereocenters. The maximum atomic E-state index is 12.8. The minimum atomic E-state index is -0.610. The Bertz CT molecular complexity index is 873. The Kier molecular flexibility index (Phi) is 7.10. The molecule has 0 saturated carbocycles. The van der Waals surface area contributed by atoms with Crippen molar-refractivity contribution in [3.05, 3.63) is 34.9 Å². The van der Waals surface area contributed by atoms with Crippen LogP contribution in [0, 0.1) is 0 Å². The minimum absolute atomic E-state index is 0.167. The van der Waals surface area contributed by atoms with E-state index >= 15 is 0 Å². The van der Waals surface area contributed by atoms with E-state index in [1.165, 1.54) is 0 Å². The SMILES string of the molecule is CC(C)(C)OC(=O)CCOCCCc1cccc2c1CN(C1CCC(=O)NC1=O)C2=O. The van der Waals surface area contributed by atoms with E-state index in [1.54, 1.807) is 11.0 Å². The first-order chi connectivity index (χ1) is 14.7. The topological polar surface area (TPSA) is 102 Å². The quantitative estimate of drug-likeness (QED) is 0.385. The fourth-order valence-electron chi connectivity index (χ4n) is 3.90. The van der Waals surface area contributed by atoms with Crippen LogP contribution < -0.4 is 5.32 Å². The number of fused-ring (bicyclic) bond motifs is 1. The molecular weight excluding hydrogens is 400 g/mol. The smallest absolute Gasteiger partial charge is 0.308 e. The van der Waals surface area contributed by atoms with E-state index in [-0.39, 0.29) is 30.6 Å². The van der Waals surface area contributed by atoms with Gasteiger partial charge in [0.05, 0.1) is 13.0 Å². The Hall–Kier alpha value is -2.74. The summed E-state index contributed by atoms with van der Waals surface area (Å²) in [6.45, 7) is 6.67. The molecule has 1 aromatic rings. The second kappa shape index (κ2) is 9.60. The van der Waals surface area contributed by atoms with E-state index in [9.17, 15) is 19.2 Å². The molecule has 3 amide bonds. The normalized spacial score (nSPS) is 18.7. The summed E-state index contributed by atoms with van der Waals surface area (Å²) in [7, 11) is 0. The van der Waals surface area contributed by atoms with Crippen LogP contribution in [0.25, 0.3) is 0 Å². The summed E-state index contributed by atoms with van der Waals surface area (Å²) in [6, 6.07) is 5.01. The Labute approximate surface area is 182 Å². The predicted molar refractivity (Wildman–Crippen MR) is 112 cm³/mol. The zero-order chi connectivity index (χ0) is 22.6. The Morgan fingerprint density at radius 1 is 1.19 bits per heavy atom. The number of benzene rings is 1. The molecule has 2 heterocycles. The average molecular weight is 431 g/mol. The molecule has 0 bridgehead atoms. The summed E-state index contributed by atoms with van der Waals surface area (Å²) >= 11 is 0. The zero-order valence-corrected chi connectivity index (χ0v) is 18.4. The van der Waals surface area contributed by atoms with Crippen molar-refractivity contribution < 1.29 is 28.7 Å². The number of rotatable bonds is 8. The molecule has 0 aromatic heterocycles. The Morgan fingerprint density at radius 3 is 2.68 bits per heavy atom. The van der Waals surface area contributed by atoms with Crippen molar-refractivity contribution >= 4 is 23.7 Å². The lowest BCUT2D eigenvalue weighted by Crippen LogP contribution is -2.52. The van der Waals surface area contributed by atoms with E-state index in [1.807, 2.05) is 32.9 Å². The van der Waals surface area contributed by atoms with Crippen LogP contribution in [0.3, 0.4) is 0 Å². The van der Waals surface area contributed by atoms with Crippen LogP contribution in [-0.4, -0.2) is 53.4 Å². The Morgan fingerprint density at radius 2 is 1.97 bits per heavy atom. The minimum Gasteiger partial charge on any atom is -0.460 e. The third-order valence-corrected chi connectivity index (χ3v) is 5.28. The van der Waals surface area contributed by atoms with Crippen LogP contribution in [0.5, 0.6) is 0 Å². The fraction of sp³-hybridized carbons (Fsp3) is 0.565. The number of ether oxygens (including phenoxy) is 2. The molecule has 3 rings (SSSR count). The van der Waals surface area contributed by atoms with Crippen LogP contribution in [0.2, 0.25) is 0 Å². The summed E-state index contributed by atoms with van der Waals surface area (Å²) in [5.41, 5.74) is 2.11. The van der Waals surface area contributed by atoms with Gasteiger partial charge in [-0.3, -0.25) is 24.5 Å². The van der Waals surface area contributed by atoms with Crippen molar-refractivity contribution in [1.82, 2.24) is 10.2 Å². The highest BCUT2D eigenvalue weighted by Crippen LogP contribution is 2.30. The summed E-state index contributed by atoms with van der Waals surface area (Å²) in [5.74, 6) is -1.14. The second-order valence-corrected chi connectivity index (χ2v) is 8.90. The molecule has 0 aliphatic carbocycles. The van der Waals surface area contributed by atoms with Gasteiger partial charge in [0.15, 0.2) is 0 Å². The number of amides is 3. The van der Waals surface area contributed by atoms with Gasteiger partial charge in [0.25, 0.3) is 5.91 Å². The molecule has 0 spiro atoms. The molecule has 2 aliphatic rings. The lowest BCUT2D eigenvalue weighted by atomic mass is 10.00. The van der Waals surface area contributed by atoms with Crippen LogP contribution in [0.4, 0.5) is 0 Å². The highest BCUT2D eigenvalue weighted by molar-refractivity contribution is 6.05. The van der Waals surface area contributed by atoms with Crippen molar-refractivity contribution in [2.24, 2.45) is 0 Å². The first-order valence-electron chi connectivity index (χ1n) is 10.7. The van der Waals surface area contributed by atoms with E-state index in [0.717, 1.165) is 24.0 Å². The van der Waals surface area contributed by atoms with Gasteiger partial charge in [-0.15, -0.1) is 0 Å². The molecular formula is C23H30N2O6. The average Bonchev–Trinajstić information content (AvgIpc) is 3.00. The molecule has 1 unspecified atom stereocenters. The van der Waals surface area contributed by atoms with Crippen molar-refractivity contribution in [3.63, 3.8) is 0 Å². The van der Waals surface area contributed by atoms with Crippen molar-refractivity contribution in [2.75, 3.05) is 13.2 Å². The van der Waals surface area contributed by atoms with Gasteiger partial charge in [-0.05, 0) is 57.2 Å². The number of carbonyl (C=O) groups excluding carboxylic acids is 4. The highest BCUT2D eigenvalue weighted by Gasteiger charge is 2.39. The van der Waals surface area contributed by atoms with Crippen molar-refractivity contribution in [2.45, 2.75) is 71.1 Å². The number of esters is 1. The summed E-state index contributed by atoms with van der Waals surface area (Å²) < 4.78 is 10.8. The number of hydrogen-bond donors (Lipinski definition) is 1. The standard InChI is InChI=1S/C23H30N2O6/c1-23(2,3)31-20(27)11-13-30-12-5-7-15-6-4-8-16-17(15)14-25(22(16)29)18-9-10-19(26)24-21(18)28/h4,6,8,18H,5,7,9-14H2,1-3H3,(H,24,26,28). The van der Waals surface area contributed by atoms with Crippen LogP contribution in [-0.2, 0) is 36.8 Å². The molecule has 1 fully saturated rings. The number of nitrogens with zero attached hydrogens (tertiary/aromatic N) is 1. The molecule has 1 N–H and O–H groups in total. The predicted octanol–water partition coefficient (Wildman–Crippen LogP) is 2.13. The molecule has 8 heteroatoms. The number of piperidine rings is 1. The molecule has 1 aromatic carbocycles. The molecule has 1 saturated heterocycles. The number of carbonyl (C=O) groups is 4. The first kappa shape index (κ1) is 22.9. The third kappa shape index (κ3) is 5.91. The van der Waals surface area contributed by atoms with E-state index in [0.29, 0.717) is 31.7 Å². The number of nitrogens with one attached hydrogen (secondary N) is 1. The largest absolute Gasteiger partial charge is 0.460 e. The van der Waals surface area contributed by atoms with Gasteiger partial charge in [-0.25, -0.2) is 0 Å². The van der Waals surface area contributed by atoms with Gasteiger partial charge >= 0.3 is 5.97 Å². The maximum absolute atomic E-state index is 12.8. The first-order valence-corrected chi connectivity index (χ1v) is 10.7. The maximum Gasteiger partial charge on any atom is 0.308 e. The second-order valence-electron chi connectivity index (χ2n) is 8.90. The summed E-state index contributed by atoms with van der Waals surface area (Å²) in [5, 5.41) is 2.32. The van der Waals surface area contributed by atoms with Gasteiger partial charge in [0, 0.05) is 25.1 Å². The zero-order valence-electron chi connectivity index (χ0n) is 18.4. The fourth-order valence-corrected chi connectivity index (χ4v) is 3.90. The summed E-state index contributed by atoms with van der Waals surface area (Å²) in [6.07, 6.45) is 2.28. The van der Waals surface area contributed by atoms with Crippen molar-refractivity contribution in [3.8, 4) is 0 Å². The monoisotopic (exact) mass is 430 g/mol. The van der Waals surface area contributed by atoms with E-state index in [2.05, 4.69) is 5.32 Å². The van der Waals surface area contributed by atoms with Gasteiger partial charge < -0.3 is 14.4 Å². The van der Waals surface area contributed by atoms with Gasteiger partial charge in [0.1, 0.15) is 11.6 Å². The number of imide groups is 1. The lowest BCUT2D eigenvalue weighted by Gasteiger charge is -2.29. The van der Waals surface area contributed by atoms with E-state index in [4.69, 9.17) is 9.47 Å². The molecule has 168 valence electrons. The van der Waals surface area contributed by atoms with Gasteiger partial charge in [-0.1, -0.05) is 12.1 Å². The van der Waals surface area contributed by atoms with E-state index < -0.39 is 17.6 Å². The van der Waals surface area contributed by atoms with Crippen LogP contribution >= 0.6 is 0 Å². The third-order valence-electron chi connectivity index (χ3n) is 5.28. The number of hydrogen-bond acceptors (Lipinski definition) is 6. The molecule has 31 heavy (non-hydrogen) atoms. The molecule has 8 nitrogen and oxygen atoms in total. The van der Waals surface area contributed by atoms with Gasteiger partial charge in [0.2, 0.25) is 11.8 Å². The van der Waals surface area contributed by atoms with Crippen LogP contribution in [0.15, 0.2) is 18.2 Å².